The Labute approximate surface area is 75.9 Å². The summed E-state index contributed by atoms with van der Waals surface area (Å²) in [5, 5.41) is 4.84. The summed E-state index contributed by atoms with van der Waals surface area (Å²) in [6.45, 7) is 0. The molecule has 0 bridgehead atoms. The van der Waals surface area contributed by atoms with Crippen molar-refractivity contribution in [2.24, 2.45) is 25.0 Å². The fourth-order valence-electron chi connectivity index (χ4n) is 1.58. The van der Waals surface area contributed by atoms with Crippen molar-refractivity contribution >= 4 is 10.9 Å². The molecule has 0 aliphatic heterocycles. The van der Waals surface area contributed by atoms with Gasteiger partial charge in [-0.1, -0.05) is 12.1 Å². The molecule has 0 unspecified atom stereocenters. The summed E-state index contributed by atoms with van der Waals surface area (Å²) in [5.41, 5.74) is 1.94. The lowest BCUT2D eigenvalue weighted by Crippen LogP contribution is -2.20. The summed E-state index contributed by atoms with van der Waals surface area (Å²) < 4.78 is 3.94. The van der Waals surface area contributed by atoms with Crippen LogP contribution in [0.15, 0.2) is 29.4 Å². The molecule has 0 saturated heterocycles. The number of rotatable bonds is 0. The molecule has 68 valence electrons. The van der Waals surface area contributed by atoms with Crippen molar-refractivity contribution in [3.05, 3.63) is 29.8 Å². The Morgan fingerprint density at radius 3 is 2.54 bits per heavy atom. The maximum absolute atomic E-state index is 5.32. The normalized spacial score (nSPS) is 12.6. The van der Waals surface area contributed by atoms with Gasteiger partial charge in [-0.25, -0.2) is 0 Å². The Balaban J connectivity index is 3.08. The number of nitrogens with two attached hydrogens (primary N) is 1. The molecular formula is C9H12N4. The van der Waals surface area contributed by atoms with Crippen LogP contribution in [0.2, 0.25) is 0 Å². The molecule has 1 aromatic carbocycles. The van der Waals surface area contributed by atoms with E-state index < -0.39 is 0 Å². The molecule has 1 aromatic heterocycles. The number of hydrogen-bond donors (Lipinski definition) is 1. The molecule has 0 radical (unpaired) electrons. The van der Waals surface area contributed by atoms with Gasteiger partial charge in [0.2, 0.25) is 0 Å². The SMILES string of the molecule is Cn1/c(=N\N)c2ccccc2n1C. The van der Waals surface area contributed by atoms with Gasteiger partial charge >= 0.3 is 0 Å². The van der Waals surface area contributed by atoms with Crippen LogP contribution in [0.1, 0.15) is 0 Å². The Hall–Kier alpha value is -1.71. The number of fused-ring (bicyclic) bond motifs is 1. The predicted molar refractivity (Wildman–Crippen MR) is 51.6 cm³/mol. The number of benzene rings is 1. The molecule has 0 atom stereocenters. The third-order valence-corrected chi connectivity index (χ3v) is 2.37. The number of aromatic nitrogens is 2. The van der Waals surface area contributed by atoms with E-state index in [1.54, 1.807) is 0 Å². The minimum atomic E-state index is 0.804. The van der Waals surface area contributed by atoms with Gasteiger partial charge in [-0.2, -0.15) is 5.10 Å². The van der Waals surface area contributed by atoms with E-state index in [4.69, 9.17) is 5.84 Å². The van der Waals surface area contributed by atoms with Gasteiger partial charge in [-0.15, -0.1) is 0 Å². The Bertz CT molecular complexity index is 504. The first-order valence-corrected chi connectivity index (χ1v) is 4.10. The first-order chi connectivity index (χ1) is 6.25. The van der Waals surface area contributed by atoms with E-state index in [2.05, 4.69) is 5.10 Å². The second-order valence-corrected chi connectivity index (χ2v) is 3.02. The fraction of sp³-hybridized carbons (Fsp3) is 0.222. The summed E-state index contributed by atoms with van der Waals surface area (Å²) in [5.74, 6) is 5.32. The molecule has 4 nitrogen and oxygen atoms in total. The highest BCUT2D eigenvalue weighted by atomic mass is 15.4. The lowest BCUT2D eigenvalue weighted by molar-refractivity contribution is 0.584. The van der Waals surface area contributed by atoms with Gasteiger partial charge in [0.05, 0.1) is 5.52 Å². The van der Waals surface area contributed by atoms with E-state index in [1.165, 1.54) is 0 Å². The summed E-state index contributed by atoms with van der Waals surface area (Å²) in [6, 6.07) is 8.05. The van der Waals surface area contributed by atoms with Crippen molar-refractivity contribution in [3.8, 4) is 0 Å². The Morgan fingerprint density at radius 1 is 1.15 bits per heavy atom. The molecule has 0 aliphatic carbocycles. The van der Waals surface area contributed by atoms with E-state index in [0.717, 1.165) is 16.4 Å². The zero-order valence-corrected chi connectivity index (χ0v) is 7.73. The van der Waals surface area contributed by atoms with E-state index in [1.807, 2.05) is 47.7 Å². The second-order valence-electron chi connectivity index (χ2n) is 3.02. The van der Waals surface area contributed by atoms with Crippen LogP contribution in [0.3, 0.4) is 0 Å². The molecule has 0 spiro atoms. The summed E-state index contributed by atoms with van der Waals surface area (Å²) >= 11 is 0. The summed E-state index contributed by atoms with van der Waals surface area (Å²) in [4.78, 5) is 0. The highest BCUT2D eigenvalue weighted by molar-refractivity contribution is 5.78. The second kappa shape index (κ2) is 2.65. The summed E-state index contributed by atoms with van der Waals surface area (Å²) in [6.07, 6.45) is 0. The minimum absolute atomic E-state index is 0.804. The highest BCUT2D eigenvalue weighted by Gasteiger charge is 2.03. The molecule has 2 aromatic rings. The molecule has 4 heteroatoms. The molecule has 0 saturated carbocycles. The standard InChI is InChI=1S/C9H12N4/c1-12-8-6-4-3-5-7(8)9(11-10)13(12)2/h3-6H,10H2,1-2H3/b11-9-. The van der Waals surface area contributed by atoms with Gasteiger partial charge in [0, 0.05) is 19.5 Å². The maximum Gasteiger partial charge on any atom is 0.175 e. The van der Waals surface area contributed by atoms with Gasteiger partial charge in [0.15, 0.2) is 5.49 Å². The molecule has 13 heavy (non-hydrogen) atoms. The molecule has 0 amide bonds. The van der Waals surface area contributed by atoms with E-state index in [0.29, 0.717) is 0 Å². The summed E-state index contributed by atoms with van der Waals surface area (Å²) in [7, 11) is 3.92. The Kier molecular flexibility index (Phi) is 1.62. The highest BCUT2D eigenvalue weighted by Crippen LogP contribution is 2.07. The van der Waals surface area contributed by atoms with Crippen LogP contribution < -0.4 is 11.3 Å². The quantitative estimate of drug-likeness (QED) is 0.455. The van der Waals surface area contributed by atoms with Crippen molar-refractivity contribution in [1.29, 1.82) is 0 Å². The van der Waals surface area contributed by atoms with Crippen LogP contribution >= 0.6 is 0 Å². The molecule has 2 N–H and O–H groups in total. The minimum Gasteiger partial charge on any atom is -0.321 e. The van der Waals surface area contributed by atoms with Gasteiger partial charge < -0.3 is 5.84 Å². The van der Waals surface area contributed by atoms with E-state index >= 15 is 0 Å². The third-order valence-electron chi connectivity index (χ3n) is 2.37. The Morgan fingerprint density at radius 2 is 1.85 bits per heavy atom. The third kappa shape index (κ3) is 0.950. The van der Waals surface area contributed by atoms with Crippen LogP contribution in [-0.4, -0.2) is 9.36 Å². The van der Waals surface area contributed by atoms with Gasteiger partial charge in [0.1, 0.15) is 0 Å². The van der Waals surface area contributed by atoms with Gasteiger partial charge in [-0.05, 0) is 12.1 Å². The average molecular weight is 176 g/mol. The van der Waals surface area contributed by atoms with Crippen molar-refractivity contribution < 1.29 is 0 Å². The zero-order valence-electron chi connectivity index (χ0n) is 7.73. The zero-order chi connectivity index (χ0) is 9.42. The number of hydrogen-bond acceptors (Lipinski definition) is 2. The first kappa shape index (κ1) is 7.91. The van der Waals surface area contributed by atoms with Crippen LogP contribution in [0, 0.1) is 0 Å². The largest absolute Gasteiger partial charge is 0.321 e. The number of para-hydroxylation sites is 1. The van der Waals surface area contributed by atoms with Crippen molar-refractivity contribution in [3.63, 3.8) is 0 Å². The van der Waals surface area contributed by atoms with E-state index in [9.17, 15) is 0 Å². The van der Waals surface area contributed by atoms with Gasteiger partial charge in [-0.3, -0.25) is 9.36 Å². The molecule has 1 heterocycles. The first-order valence-electron chi connectivity index (χ1n) is 4.10. The van der Waals surface area contributed by atoms with Crippen LogP contribution in [0.25, 0.3) is 10.9 Å². The molecule has 0 aliphatic rings. The van der Waals surface area contributed by atoms with Gasteiger partial charge in [0.25, 0.3) is 0 Å². The van der Waals surface area contributed by atoms with Crippen LogP contribution in [0.4, 0.5) is 0 Å². The van der Waals surface area contributed by atoms with Crippen molar-refractivity contribution in [2.75, 3.05) is 0 Å². The molecule has 0 fully saturated rings. The lowest BCUT2D eigenvalue weighted by atomic mass is 10.2. The fourth-order valence-corrected chi connectivity index (χ4v) is 1.58. The number of aryl methyl sites for hydroxylation is 1. The van der Waals surface area contributed by atoms with Crippen molar-refractivity contribution in [1.82, 2.24) is 9.36 Å². The molecule has 2 rings (SSSR count). The van der Waals surface area contributed by atoms with Crippen molar-refractivity contribution in [2.45, 2.75) is 0 Å². The predicted octanol–water partition coefficient (Wildman–Crippen LogP) is 0.291. The monoisotopic (exact) mass is 176 g/mol. The smallest absolute Gasteiger partial charge is 0.175 e. The van der Waals surface area contributed by atoms with E-state index in [-0.39, 0.29) is 0 Å². The average Bonchev–Trinajstić information content (AvgIpc) is 2.41. The number of nitrogens with zero attached hydrogens (tertiary/aromatic N) is 3. The maximum atomic E-state index is 5.32. The molecular weight excluding hydrogens is 164 g/mol. The van der Waals surface area contributed by atoms with Crippen LogP contribution in [0.5, 0.6) is 0 Å². The van der Waals surface area contributed by atoms with Crippen LogP contribution in [-0.2, 0) is 14.1 Å². The lowest BCUT2D eigenvalue weighted by Gasteiger charge is -1.99. The topological polar surface area (TPSA) is 48.2 Å².